The Hall–Kier alpha value is -0.890. The second kappa shape index (κ2) is 4.59. The third kappa shape index (κ3) is 2.84. The van der Waals surface area contributed by atoms with E-state index in [0.29, 0.717) is 0 Å². The van der Waals surface area contributed by atoms with Gasteiger partial charge in [-0.15, -0.1) is 0 Å². The maximum Gasteiger partial charge on any atom is 0.428 e. The quantitative estimate of drug-likeness (QED) is 0.682. The second-order valence-corrected chi connectivity index (χ2v) is 5.39. The molecule has 3 atom stereocenters. The van der Waals surface area contributed by atoms with Crippen molar-refractivity contribution in [3.63, 3.8) is 0 Å². The van der Waals surface area contributed by atoms with E-state index in [2.05, 4.69) is 0 Å². The van der Waals surface area contributed by atoms with Crippen molar-refractivity contribution in [1.29, 1.82) is 0 Å². The first-order valence-corrected chi connectivity index (χ1v) is 5.89. The normalized spacial score (nSPS) is 32.0. The molecule has 0 aromatic rings. The number of rotatable bonds is 1. The highest BCUT2D eigenvalue weighted by Gasteiger charge is 2.53. The second-order valence-electron chi connectivity index (χ2n) is 5.39. The number of carbonyl (C=O) groups excluding carboxylic acids is 1. The van der Waals surface area contributed by atoms with E-state index in [4.69, 9.17) is 9.47 Å². The van der Waals surface area contributed by atoms with Gasteiger partial charge in [-0.3, -0.25) is 4.79 Å². The summed E-state index contributed by atoms with van der Waals surface area (Å²) in [4.78, 5) is 12.6. The molecule has 19 heavy (non-hydrogen) atoms. The molecule has 0 N–H and O–H groups in total. The lowest BCUT2D eigenvalue weighted by Crippen LogP contribution is -2.62. The van der Waals surface area contributed by atoms with Gasteiger partial charge in [0.25, 0.3) is 12.1 Å². The number of amides is 1. The van der Waals surface area contributed by atoms with Crippen LogP contribution in [0.25, 0.3) is 0 Å². The molecule has 0 bridgehead atoms. The highest BCUT2D eigenvalue weighted by molar-refractivity contribution is 5.82. The van der Waals surface area contributed by atoms with Gasteiger partial charge in [-0.25, -0.2) is 4.39 Å². The number of alkyl halides is 4. The van der Waals surface area contributed by atoms with Crippen LogP contribution in [0.3, 0.4) is 0 Å². The molecule has 0 spiro atoms. The summed E-state index contributed by atoms with van der Waals surface area (Å²) >= 11 is 0. The predicted octanol–water partition coefficient (Wildman–Crippen LogP) is 1.29. The van der Waals surface area contributed by atoms with Gasteiger partial charge in [0.05, 0.1) is 24.9 Å². The summed E-state index contributed by atoms with van der Waals surface area (Å²) < 4.78 is 60.8. The smallest absolute Gasteiger partial charge is 0.376 e. The zero-order valence-electron chi connectivity index (χ0n) is 10.5. The van der Waals surface area contributed by atoms with Gasteiger partial charge in [0.2, 0.25) is 0 Å². The summed E-state index contributed by atoms with van der Waals surface area (Å²) in [5, 5.41) is 0. The Morgan fingerprint density at radius 1 is 1.37 bits per heavy atom. The van der Waals surface area contributed by atoms with Gasteiger partial charge in [0.1, 0.15) is 6.10 Å². The monoisotopic (exact) mass is 285 g/mol. The Morgan fingerprint density at radius 2 is 2.00 bits per heavy atom. The molecule has 2 saturated heterocycles. The number of halogens is 4. The molecule has 2 fully saturated rings. The van der Waals surface area contributed by atoms with Gasteiger partial charge in [0.15, 0.2) is 0 Å². The van der Waals surface area contributed by atoms with Gasteiger partial charge in [-0.05, 0) is 13.8 Å². The molecule has 8 heteroatoms. The molecule has 2 rings (SSSR count). The predicted molar refractivity (Wildman–Crippen MR) is 56.2 cm³/mol. The van der Waals surface area contributed by atoms with E-state index in [9.17, 15) is 22.4 Å². The molecule has 2 aliphatic rings. The zero-order valence-corrected chi connectivity index (χ0v) is 10.5. The fraction of sp³-hybridized carbons (Fsp3) is 0.909. The van der Waals surface area contributed by atoms with E-state index in [0.717, 1.165) is 4.90 Å². The van der Waals surface area contributed by atoms with E-state index in [1.807, 2.05) is 0 Å². The topological polar surface area (TPSA) is 38.8 Å². The van der Waals surface area contributed by atoms with Crippen molar-refractivity contribution < 1.29 is 31.8 Å². The number of nitrogens with zero attached hydrogens (tertiary/aromatic N) is 1. The number of morpholine rings is 1. The van der Waals surface area contributed by atoms with Crippen molar-refractivity contribution in [1.82, 2.24) is 4.90 Å². The van der Waals surface area contributed by atoms with Crippen LogP contribution in [0.15, 0.2) is 0 Å². The maximum atomic E-state index is 13.2. The molecule has 0 radical (unpaired) electrons. The number of hydrogen-bond acceptors (Lipinski definition) is 3. The van der Waals surface area contributed by atoms with Crippen LogP contribution in [0, 0.1) is 0 Å². The molecular formula is C11H15F4NO3. The van der Waals surface area contributed by atoms with Crippen molar-refractivity contribution in [2.24, 2.45) is 0 Å². The van der Waals surface area contributed by atoms with E-state index in [1.165, 1.54) is 0 Å². The van der Waals surface area contributed by atoms with Crippen molar-refractivity contribution in [3.05, 3.63) is 0 Å². The molecule has 4 nitrogen and oxygen atoms in total. The molecule has 1 amide bonds. The summed E-state index contributed by atoms with van der Waals surface area (Å²) in [7, 11) is 0. The van der Waals surface area contributed by atoms with Crippen molar-refractivity contribution in [3.8, 4) is 0 Å². The maximum absolute atomic E-state index is 13.2. The minimum absolute atomic E-state index is 0.0665. The van der Waals surface area contributed by atoms with Gasteiger partial charge < -0.3 is 14.4 Å². The highest BCUT2D eigenvalue weighted by Crippen LogP contribution is 2.32. The van der Waals surface area contributed by atoms with Crippen LogP contribution in [0.4, 0.5) is 17.6 Å². The van der Waals surface area contributed by atoms with Crippen LogP contribution in [0.2, 0.25) is 0 Å². The van der Waals surface area contributed by atoms with Crippen LogP contribution in [0.5, 0.6) is 0 Å². The van der Waals surface area contributed by atoms with Crippen molar-refractivity contribution in [2.75, 3.05) is 19.8 Å². The van der Waals surface area contributed by atoms with E-state index < -0.39 is 36.0 Å². The zero-order chi connectivity index (χ0) is 14.4. The lowest BCUT2D eigenvalue weighted by molar-refractivity contribution is -0.206. The molecular weight excluding hydrogens is 270 g/mol. The number of carbonyl (C=O) groups is 1. The van der Waals surface area contributed by atoms with E-state index >= 15 is 0 Å². The molecule has 0 saturated carbocycles. The van der Waals surface area contributed by atoms with Gasteiger partial charge in [-0.2, -0.15) is 13.2 Å². The number of ether oxygens (including phenoxy) is 2. The molecule has 0 aliphatic carbocycles. The lowest BCUT2D eigenvalue weighted by atomic mass is 10.00. The first-order chi connectivity index (χ1) is 8.62. The summed E-state index contributed by atoms with van der Waals surface area (Å²) in [5.74, 6) is -1.57. The first-order valence-electron chi connectivity index (χ1n) is 5.89. The number of hydrogen-bond donors (Lipinski definition) is 0. The molecule has 2 aliphatic heterocycles. The minimum Gasteiger partial charge on any atom is -0.376 e. The standard InChI is InChI=1S/C11H15F4NO3/c1-10(2)5-16(6-3-18-4-7(6)19-10)9(17)8(12)11(13,14)15/h6-8H,3-5H2,1-2H3/t6-,7-,8?/m1/s1. The third-order valence-corrected chi connectivity index (χ3v) is 3.21. The minimum atomic E-state index is -5.19. The van der Waals surface area contributed by atoms with Crippen LogP contribution < -0.4 is 0 Å². The van der Waals surface area contributed by atoms with Crippen LogP contribution in [-0.2, 0) is 14.3 Å². The fourth-order valence-corrected chi connectivity index (χ4v) is 2.43. The van der Waals surface area contributed by atoms with Gasteiger partial charge >= 0.3 is 6.18 Å². The first kappa shape index (κ1) is 14.5. The average molecular weight is 285 g/mol. The molecule has 0 aromatic carbocycles. The molecule has 110 valence electrons. The Bertz CT molecular complexity index is 371. The lowest BCUT2D eigenvalue weighted by Gasteiger charge is -2.45. The Morgan fingerprint density at radius 3 is 2.58 bits per heavy atom. The van der Waals surface area contributed by atoms with Crippen LogP contribution >= 0.6 is 0 Å². The Labute approximate surface area is 107 Å². The van der Waals surface area contributed by atoms with Gasteiger partial charge in [0, 0.05) is 6.54 Å². The van der Waals surface area contributed by atoms with Gasteiger partial charge in [-0.1, -0.05) is 0 Å². The van der Waals surface area contributed by atoms with Crippen LogP contribution in [-0.4, -0.2) is 60.7 Å². The average Bonchev–Trinajstić information content (AvgIpc) is 2.70. The number of fused-ring (bicyclic) bond motifs is 1. The summed E-state index contributed by atoms with van der Waals surface area (Å²) in [6.07, 6.45) is -9.19. The molecule has 1 unspecified atom stereocenters. The summed E-state index contributed by atoms with van der Waals surface area (Å²) in [6.45, 7) is 3.45. The van der Waals surface area contributed by atoms with E-state index in [-0.39, 0.29) is 19.8 Å². The van der Waals surface area contributed by atoms with Crippen molar-refractivity contribution in [2.45, 2.75) is 43.9 Å². The Kier molecular flexibility index (Phi) is 3.51. The van der Waals surface area contributed by atoms with Crippen LogP contribution in [0.1, 0.15) is 13.8 Å². The summed E-state index contributed by atoms with van der Waals surface area (Å²) in [5.41, 5.74) is -0.824. The van der Waals surface area contributed by atoms with E-state index in [1.54, 1.807) is 13.8 Å². The summed E-state index contributed by atoms with van der Waals surface area (Å²) in [6, 6.07) is -0.652. The highest BCUT2D eigenvalue weighted by atomic mass is 19.4. The molecule has 2 heterocycles. The molecule has 0 aromatic heterocycles. The Balaban J connectivity index is 2.19. The SMILES string of the molecule is CC1(C)CN(C(=O)C(F)C(F)(F)F)[C@@H]2COC[C@H]2O1. The van der Waals surface area contributed by atoms with Crippen molar-refractivity contribution >= 4 is 5.91 Å². The third-order valence-electron chi connectivity index (χ3n) is 3.21. The largest absolute Gasteiger partial charge is 0.428 e. The fourth-order valence-electron chi connectivity index (χ4n) is 2.43.